The van der Waals surface area contributed by atoms with Crippen molar-refractivity contribution in [2.75, 3.05) is 38.6 Å². The second kappa shape index (κ2) is 12.8. The maximum atomic E-state index is 14.4. The summed E-state index contributed by atoms with van der Waals surface area (Å²) < 4.78 is 28.6. The van der Waals surface area contributed by atoms with Crippen molar-refractivity contribution in [3.63, 3.8) is 0 Å². The van der Waals surface area contributed by atoms with Crippen molar-refractivity contribution < 1.29 is 23.2 Å². The Kier molecular flexibility index (Phi) is 8.91. The molecule has 2 unspecified atom stereocenters. The van der Waals surface area contributed by atoms with Crippen LogP contribution in [0.5, 0.6) is 0 Å². The molecule has 4 amide bonds. The highest BCUT2D eigenvalue weighted by Crippen LogP contribution is 2.35. The van der Waals surface area contributed by atoms with Crippen molar-refractivity contribution in [3.8, 4) is 0 Å². The number of nitrogens with zero attached hydrogens (tertiary/aromatic N) is 5. The molecule has 43 heavy (non-hydrogen) atoms. The Morgan fingerprint density at radius 1 is 1.12 bits per heavy atom. The van der Waals surface area contributed by atoms with Gasteiger partial charge in [-0.15, -0.1) is 6.58 Å². The van der Waals surface area contributed by atoms with E-state index in [0.29, 0.717) is 24.2 Å². The van der Waals surface area contributed by atoms with Crippen LogP contribution in [0, 0.1) is 17.6 Å². The van der Waals surface area contributed by atoms with Gasteiger partial charge in [0.05, 0.1) is 19.6 Å². The quantitative estimate of drug-likeness (QED) is 0.451. The number of rotatable bonds is 9. The Morgan fingerprint density at radius 2 is 1.86 bits per heavy atom. The van der Waals surface area contributed by atoms with Crippen LogP contribution in [0.4, 0.5) is 19.3 Å². The van der Waals surface area contributed by atoms with Gasteiger partial charge in [-0.3, -0.25) is 14.6 Å². The molecular weight excluding hydrogens is 554 g/mol. The van der Waals surface area contributed by atoms with Crippen molar-refractivity contribution in [3.05, 3.63) is 102 Å². The molecule has 2 aromatic carbocycles. The van der Waals surface area contributed by atoms with Gasteiger partial charge in [-0.2, -0.15) is 5.01 Å². The van der Waals surface area contributed by atoms with Crippen molar-refractivity contribution in [2.45, 2.75) is 31.7 Å². The molecule has 2 heterocycles. The Bertz CT molecular complexity index is 1450. The van der Waals surface area contributed by atoms with Crippen molar-refractivity contribution in [2.24, 2.45) is 5.92 Å². The number of nitrogens with one attached hydrogen (secondary N) is 1. The minimum absolute atomic E-state index is 0.000350. The molecule has 2 aromatic rings. The number of hydrogen-bond donors (Lipinski definition) is 1. The van der Waals surface area contributed by atoms with E-state index in [4.69, 9.17) is 0 Å². The molecule has 3 aliphatic rings. The zero-order valence-electron chi connectivity index (χ0n) is 24.3. The van der Waals surface area contributed by atoms with Crippen LogP contribution in [0.15, 0.2) is 79.4 Å². The third-order valence-electron chi connectivity index (χ3n) is 8.02. The second-order valence-electron chi connectivity index (χ2n) is 11.1. The highest BCUT2D eigenvalue weighted by atomic mass is 19.2. The lowest BCUT2D eigenvalue weighted by molar-refractivity contribution is -0.159. The number of allylic oxidation sites excluding steroid dienone is 3. The van der Waals surface area contributed by atoms with Crippen LogP contribution in [0.1, 0.15) is 17.5 Å². The highest BCUT2D eigenvalue weighted by Gasteiger charge is 2.53. The third kappa shape index (κ3) is 6.17. The van der Waals surface area contributed by atoms with E-state index < -0.39 is 29.9 Å². The van der Waals surface area contributed by atoms with E-state index in [2.05, 4.69) is 11.9 Å². The summed E-state index contributed by atoms with van der Waals surface area (Å²) in [5.41, 5.74) is 1.80. The van der Waals surface area contributed by atoms with Crippen LogP contribution in [0.3, 0.4) is 0 Å². The van der Waals surface area contributed by atoms with Gasteiger partial charge >= 0.3 is 6.03 Å². The van der Waals surface area contributed by atoms with Gasteiger partial charge in [0.2, 0.25) is 11.8 Å². The van der Waals surface area contributed by atoms with E-state index in [0.717, 1.165) is 17.7 Å². The molecule has 0 spiro atoms. The lowest BCUT2D eigenvalue weighted by Crippen LogP contribution is -2.66. The van der Waals surface area contributed by atoms with Crippen LogP contribution in [-0.2, 0) is 22.7 Å². The van der Waals surface area contributed by atoms with Crippen LogP contribution in [0.2, 0.25) is 0 Å². The van der Waals surface area contributed by atoms with E-state index >= 15 is 0 Å². The summed E-state index contributed by atoms with van der Waals surface area (Å²) in [5.74, 6) is -2.82. The molecule has 1 N–H and O–H groups in total. The van der Waals surface area contributed by atoms with E-state index in [1.165, 1.54) is 5.01 Å². The minimum Gasteiger partial charge on any atom is -0.377 e. The Hall–Kier alpha value is -4.51. The Morgan fingerprint density at radius 3 is 2.53 bits per heavy atom. The molecule has 0 bridgehead atoms. The fourth-order valence-corrected chi connectivity index (χ4v) is 5.98. The number of carbonyl (C=O) groups is 3. The van der Waals surface area contributed by atoms with Gasteiger partial charge in [-0.1, -0.05) is 60.7 Å². The summed E-state index contributed by atoms with van der Waals surface area (Å²) in [6, 6.07) is 10.5. The predicted octanol–water partition coefficient (Wildman–Crippen LogP) is 3.66. The highest BCUT2D eigenvalue weighted by molar-refractivity contribution is 5.92. The molecule has 1 aliphatic carbocycles. The summed E-state index contributed by atoms with van der Waals surface area (Å²) in [6.07, 6.45) is 9.08. The number of carbonyl (C=O) groups excluding carboxylic acids is 3. The van der Waals surface area contributed by atoms with Gasteiger partial charge in [0, 0.05) is 44.9 Å². The van der Waals surface area contributed by atoms with Crippen molar-refractivity contribution in [1.82, 2.24) is 25.1 Å². The van der Waals surface area contributed by atoms with Crippen molar-refractivity contribution >= 4 is 23.5 Å². The molecule has 3 atom stereocenters. The monoisotopic (exact) mass is 590 g/mol. The van der Waals surface area contributed by atoms with Gasteiger partial charge in [-0.05, 0) is 23.6 Å². The first-order valence-corrected chi connectivity index (χ1v) is 14.2. The molecule has 2 saturated heterocycles. The summed E-state index contributed by atoms with van der Waals surface area (Å²) in [4.78, 5) is 46.0. The number of fused-ring (bicyclic) bond motifs is 1. The van der Waals surface area contributed by atoms with E-state index in [1.807, 2.05) is 54.6 Å². The summed E-state index contributed by atoms with van der Waals surface area (Å²) in [5, 5.41) is 6.05. The Balaban J connectivity index is 1.47. The smallest absolute Gasteiger partial charge is 0.332 e. The second-order valence-corrected chi connectivity index (χ2v) is 11.1. The number of hydrazine groups is 1. The summed E-state index contributed by atoms with van der Waals surface area (Å²) in [6.45, 7) is 4.20. The van der Waals surface area contributed by atoms with Crippen molar-refractivity contribution in [1.29, 1.82) is 0 Å². The van der Waals surface area contributed by atoms with Gasteiger partial charge in [-0.25, -0.2) is 13.6 Å². The molecule has 11 heteroatoms. The molecule has 0 aromatic heterocycles. The normalized spacial score (nSPS) is 21.6. The average Bonchev–Trinajstić information content (AvgIpc) is 3.32. The summed E-state index contributed by atoms with van der Waals surface area (Å²) in [7, 11) is 3.44. The standard InChI is InChI=1S/C32H36F2N6O3/c1-4-15-38(32(43)35-18-22-11-7-5-8-12-22)39-21-29(41)40-28(39)20-37(31(42)30(40)23-13-9-6-10-14-23)19-24-16-25(33)26(34)17-27(24)36(2)3/h4-13,16-17,23,28,30H,1,14-15,18-21H2,2-3H3,(H,35,43)/t23?,28?,30-/m0/s1. The number of anilines is 1. The zero-order valence-corrected chi connectivity index (χ0v) is 24.3. The maximum absolute atomic E-state index is 14.4. The number of benzene rings is 2. The molecule has 5 rings (SSSR count). The van der Waals surface area contributed by atoms with E-state index in [9.17, 15) is 23.2 Å². The van der Waals surface area contributed by atoms with Gasteiger partial charge in [0.15, 0.2) is 11.6 Å². The largest absolute Gasteiger partial charge is 0.377 e. The predicted molar refractivity (Wildman–Crippen MR) is 159 cm³/mol. The molecule has 2 fully saturated rings. The first-order chi connectivity index (χ1) is 20.7. The SMILES string of the molecule is C=CCN(C(=O)NCc1ccccc1)N1CC(=O)N2C1CN(Cc1cc(F)c(F)cc1N(C)C)C(=O)[C@@H]2C1C=CC=CC1. The minimum atomic E-state index is -1.01. The molecule has 9 nitrogen and oxygen atoms in total. The number of halogens is 2. The first kappa shape index (κ1) is 30.0. The van der Waals surface area contributed by atoms with Gasteiger partial charge in [0.25, 0.3) is 0 Å². The lowest BCUT2D eigenvalue weighted by Gasteiger charge is -2.48. The topological polar surface area (TPSA) is 79.4 Å². The molecule has 2 aliphatic heterocycles. The molecule has 0 saturated carbocycles. The van der Waals surface area contributed by atoms with Gasteiger partial charge in [0.1, 0.15) is 12.2 Å². The number of hydrogen-bond acceptors (Lipinski definition) is 5. The van der Waals surface area contributed by atoms with Crippen LogP contribution in [-0.4, -0.2) is 83.6 Å². The van der Waals surface area contributed by atoms with E-state index in [1.54, 1.807) is 39.9 Å². The van der Waals surface area contributed by atoms with Crippen LogP contribution < -0.4 is 10.2 Å². The molecule has 0 radical (unpaired) electrons. The number of amides is 4. The van der Waals surface area contributed by atoms with E-state index in [-0.39, 0.29) is 43.9 Å². The Labute approximate surface area is 250 Å². The van der Waals surface area contributed by atoms with Gasteiger partial charge < -0.3 is 20.0 Å². The first-order valence-electron chi connectivity index (χ1n) is 14.2. The average molecular weight is 591 g/mol. The lowest BCUT2D eigenvalue weighted by atomic mass is 9.88. The third-order valence-corrected chi connectivity index (χ3v) is 8.02. The number of piperazine rings is 1. The zero-order chi connectivity index (χ0) is 30.7. The van der Waals surface area contributed by atoms with Crippen LogP contribution in [0.25, 0.3) is 0 Å². The fourth-order valence-electron chi connectivity index (χ4n) is 5.98. The summed E-state index contributed by atoms with van der Waals surface area (Å²) >= 11 is 0. The molecule has 226 valence electrons. The fraction of sp³-hybridized carbons (Fsp3) is 0.344. The maximum Gasteiger partial charge on any atom is 0.332 e. The number of urea groups is 1. The van der Waals surface area contributed by atoms with Crippen LogP contribution >= 0.6 is 0 Å². The molecular formula is C32H36F2N6O3.